The average Bonchev–Trinajstić information content (AvgIpc) is 1.99. The normalized spacial score (nSPS) is 8.00. The Morgan fingerprint density at radius 1 is 1.10 bits per heavy atom. The van der Waals surface area contributed by atoms with E-state index in [4.69, 9.17) is 5.11 Å². The molecule has 1 aromatic rings. The van der Waals surface area contributed by atoms with E-state index in [2.05, 4.69) is 0 Å². The van der Waals surface area contributed by atoms with Gasteiger partial charge in [-0.2, -0.15) is 0 Å². The Kier molecular flexibility index (Phi) is 4.69. The van der Waals surface area contributed by atoms with Gasteiger partial charge in [0.25, 0.3) is 0 Å². The first-order chi connectivity index (χ1) is 4.30. The Balaban J connectivity index is 0.000000810. The molecule has 50 valence electrons. The van der Waals surface area contributed by atoms with Gasteiger partial charge in [-0.1, -0.05) is 18.2 Å². The van der Waals surface area contributed by atoms with Gasteiger partial charge in [-0.3, -0.25) is 4.79 Å². The fraction of sp³-hybridized carbons (Fsp3) is 0. The molecule has 2 nitrogen and oxygen atoms in total. The predicted octanol–water partition coefficient (Wildman–Crippen LogP) is -0.164. The number of aromatic hydroxyl groups is 1. The second-order valence-electron chi connectivity index (χ2n) is 1.66. The van der Waals surface area contributed by atoms with Crippen LogP contribution in [0.2, 0.25) is 0 Å². The zero-order valence-corrected chi connectivity index (χ0v) is 4.74. The molecule has 1 N–H and O–H groups in total. The molecule has 0 saturated carbocycles. The monoisotopic (exact) mass is 164 g/mol. The van der Waals surface area contributed by atoms with Gasteiger partial charge in [0.2, 0.25) is 5.43 Å². The van der Waals surface area contributed by atoms with Gasteiger partial charge in [0.05, 0.1) is 0 Å². The third kappa shape index (κ3) is 2.69. The van der Waals surface area contributed by atoms with E-state index in [0.717, 1.165) is 0 Å². The molecule has 0 heterocycles. The molecule has 0 aliphatic heterocycles. The Bertz CT molecular complexity index is 259. The second-order valence-corrected chi connectivity index (χ2v) is 1.66. The molecule has 3 heteroatoms. The molecule has 0 bridgehead atoms. The summed E-state index contributed by atoms with van der Waals surface area (Å²) in [6, 6.07) is 7.55. The predicted molar refractivity (Wildman–Crippen MR) is 42.9 cm³/mol. The van der Waals surface area contributed by atoms with E-state index in [1.807, 2.05) is 0 Å². The van der Waals surface area contributed by atoms with Crippen LogP contribution in [0.3, 0.4) is 0 Å². The van der Waals surface area contributed by atoms with Crippen LogP contribution in [0.5, 0.6) is 5.75 Å². The van der Waals surface area contributed by atoms with Crippen LogP contribution in [0, 0.1) is 0 Å². The zero-order chi connectivity index (χ0) is 6.69. The summed E-state index contributed by atoms with van der Waals surface area (Å²) in [5.41, 5.74) is -0.347. The molecule has 0 aliphatic carbocycles. The molecule has 10 heavy (non-hydrogen) atoms. The van der Waals surface area contributed by atoms with Crippen LogP contribution in [0.4, 0.5) is 0 Å². The van der Waals surface area contributed by atoms with Crippen molar-refractivity contribution in [1.82, 2.24) is 0 Å². The van der Waals surface area contributed by atoms with E-state index < -0.39 is 0 Å². The third-order valence-corrected chi connectivity index (χ3v) is 0.976. The minimum atomic E-state index is -0.347. The van der Waals surface area contributed by atoms with Crippen LogP contribution in [-0.2, 0) is 0 Å². The van der Waals surface area contributed by atoms with Crippen molar-refractivity contribution in [1.29, 1.82) is 0 Å². The maximum atomic E-state index is 10.6. The van der Waals surface area contributed by atoms with Crippen molar-refractivity contribution in [2.24, 2.45) is 0 Å². The van der Waals surface area contributed by atoms with E-state index in [0.29, 0.717) is 0 Å². The fourth-order valence-corrected chi connectivity index (χ4v) is 0.521. The van der Waals surface area contributed by atoms with Crippen molar-refractivity contribution in [2.45, 2.75) is 0 Å². The van der Waals surface area contributed by atoms with E-state index in [-0.39, 0.29) is 48.9 Å². The molecular formula is C7H8CaO2. The molecule has 0 amide bonds. The van der Waals surface area contributed by atoms with Gasteiger partial charge >= 0.3 is 37.7 Å². The fourth-order valence-electron chi connectivity index (χ4n) is 0.521. The standard InChI is InChI=1S/C7H6O2.Ca.2H/c8-6-4-2-1-3-5-7(6)9;;;/h1-5H,(H,8,9);;;. The van der Waals surface area contributed by atoms with Crippen LogP contribution in [0.15, 0.2) is 35.1 Å². The number of rotatable bonds is 0. The van der Waals surface area contributed by atoms with E-state index in [9.17, 15) is 4.79 Å². The van der Waals surface area contributed by atoms with Crippen molar-refractivity contribution in [2.75, 3.05) is 0 Å². The first kappa shape index (κ1) is 9.95. The summed E-state index contributed by atoms with van der Waals surface area (Å²) in [6.07, 6.45) is 0. The summed E-state index contributed by atoms with van der Waals surface area (Å²) in [7, 11) is 0. The Morgan fingerprint density at radius 3 is 2.40 bits per heavy atom. The molecule has 0 unspecified atom stereocenters. The van der Waals surface area contributed by atoms with Crippen LogP contribution < -0.4 is 5.43 Å². The molecule has 0 saturated heterocycles. The molecule has 0 aliphatic rings. The first-order valence-corrected chi connectivity index (χ1v) is 2.59. The first-order valence-electron chi connectivity index (χ1n) is 2.59. The van der Waals surface area contributed by atoms with Gasteiger partial charge in [-0.05, 0) is 12.1 Å². The number of hydrogen-bond donors (Lipinski definition) is 1. The maximum absolute atomic E-state index is 10.6. The van der Waals surface area contributed by atoms with Crippen LogP contribution in [-0.4, -0.2) is 42.8 Å². The summed E-state index contributed by atoms with van der Waals surface area (Å²) in [5, 5.41) is 8.77. The van der Waals surface area contributed by atoms with Gasteiger partial charge < -0.3 is 5.11 Å². The van der Waals surface area contributed by atoms with E-state index in [1.165, 1.54) is 12.1 Å². The molecular weight excluding hydrogens is 156 g/mol. The Morgan fingerprint density at radius 2 is 1.70 bits per heavy atom. The molecule has 1 aromatic carbocycles. The SMILES string of the molecule is O=c1cccccc1O.[CaH2]. The van der Waals surface area contributed by atoms with Gasteiger partial charge in [0, 0.05) is 0 Å². The summed E-state index contributed by atoms with van der Waals surface area (Å²) < 4.78 is 0. The molecule has 0 aromatic heterocycles. The van der Waals surface area contributed by atoms with Gasteiger partial charge in [0.15, 0.2) is 5.75 Å². The molecule has 0 fully saturated rings. The molecule has 0 radical (unpaired) electrons. The van der Waals surface area contributed by atoms with Gasteiger partial charge in [-0.15, -0.1) is 0 Å². The van der Waals surface area contributed by atoms with Crippen molar-refractivity contribution in [3.8, 4) is 5.75 Å². The summed E-state index contributed by atoms with van der Waals surface area (Å²) >= 11 is 0. The topological polar surface area (TPSA) is 37.3 Å². The van der Waals surface area contributed by atoms with Crippen molar-refractivity contribution >= 4 is 37.7 Å². The summed E-state index contributed by atoms with van der Waals surface area (Å²) in [5.74, 6) is -0.208. The molecule has 0 spiro atoms. The van der Waals surface area contributed by atoms with Crippen molar-refractivity contribution < 1.29 is 5.11 Å². The average molecular weight is 164 g/mol. The Hall–Kier alpha value is -0.0503. The van der Waals surface area contributed by atoms with Crippen LogP contribution in [0.25, 0.3) is 0 Å². The molecule has 0 atom stereocenters. The summed E-state index contributed by atoms with van der Waals surface area (Å²) in [4.78, 5) is 10.6. The third-order valence-electron chi connectivity index (χ3n) is 0.976. The van der Waals surface area contributed by atoms with Crippen molar-refractivity contribution in [3.63, 3.8) is 0 Å². The van der Waals surface area contributed by atoms with Gasteiger partial charge in [-0.25, -0.2) is 0 Å². The van der Waals surface area contributed by atoms with E-state index in [1.54, 1.807) is 18.2 Å². The second kappa shape index (κ2) is 4.72. The van der Waals surface area contributed by atoms with Gasteiger partial charge in [0.1, 0.15) is 0 Å². The Labute approximate surface area is 88.5 Å². The summed E-state index contributed by atoms with van der Waals surface area (Å²) in [6.45, 7) is 0. The zero-order valence-electron chi connectivity index (χ0n) is 4.74. The van der Waals surface area contributed by atoms with Crippen LogP contribution in [0.1, 0.15) is 0 Å². The van der Waals surface area contributed by atoms with E-state index >= 15 is 0 Å². The van der Waals surface area contributed by atoms with Crippen LogP contribution >= 0.6 is 0 Å². The number of hydrogen-bond acceptors (Lipinski definition) is 2. The quantitative estimate of drug-likeness (QED) is 0.541. The minimum absolute atomic E-state index is 0. The molecule has 1 rings (SSSR count). The van der Waals surface area contributed by atoms with Crippen molar-refractivity contribution in [3.05, 3.63) is 40.6 Å².